The number of ether oxygens (including phenoxy) is 1. The standard InChI is InChI=1S/C23H21ClFN7O2/c1-2-34-22(33)16-7-15(11-26-12-16)18-13-28-23(31-17-3-4-20(25)19(24)8-17)32-21(18)27-6-5-14-9-29-30-10-14/h3-4,7-13H,2,5-6H2,1H3,(H,29,30)(H2,27,28,31,32). The summed E-state index contributed by atoms with van der Waals surface area (Å²) in [6.07, 6.45) is 8.96. The van der Waals surface area contributed by atoms with Crippen molar-refractivity contribution in [1.29, 1.82) is 0 Å². The Morgan fingerprint density at radius 2 is 2.09 bits per heavy atom. The third kappa shape index (κ3) is 5.65. The minimum absolute atomic E-state index is 0.0121. The maximum Gasteiger partial charge on any atom is 0.339 e. The highest BCUT2D eigenvalue weighted by Gasteiger charge is 2.14. The zero-order valence-corrected chi connectivity index (χ0v) is 18.9. The number of aromatic nitrogens is 5. The minimum atomic E-state index is -0.515. The number of carbonyl (C=O) groups excluding carboxylic acids is 1. The number of hydrogen-bond acceptors (Lipinski definition) is 8. The molecule has 0 fully saturated rings. The van der Waals surface area contributed by atoms with E-state index >= 15 is 0 Å². The second-order valence-electron chi connectivity index (χ2n) is 7.18. The average molecular weight is 482 g/mol. The van der Waals surface area contributed by atoms with Gasteiger partial charge in [0.2, 0.25) is 5.95 Å². The smallest absolute Gasteiger partial charge is 0.339 e. The first-order chi connectivity index (χ1) is 16.5. The zero-order chi connectivity index (χ0) is 23.9. The molecule has 0 spiro atoms. The van der Waals surface area contributed by atoms with Crippen molar-refractivity contribution in [2.24, 2.45) is 0 Å². The summed E-state index contributed by atoms with van der Waals surface area (Å²) in [6.45, 7) is 2.57. The number of anilines is 3. The summed E-state index contributed by atoms with van der Waals surface area (Å²) in [5, 5.41) is 13.1. The molecule has 4 aromatic rings. The molecule has 34 heavy (non-hydrogen) atoms. The number of halogens is 2. The van der Waals surface area contributed by atoms with E-state index < -0.39 is 11.8 Å². The molecule has 0 radical (unpaired) electrons. The van der Waals surface area contributed by atoms with Gasteiger partial charge in [0.05, 0.1) is 23.4 Å². The van der Waals surface area contributed by atoms with Crippen LogP contribution in [0.5, 0.6) is 0 Å². The Hall–Kier alpha value is -4.05. The van der Waals surface area contributed by atoms with Crippen LogP contribution in [0.4, 0.5) is 21.8 Å². The molecule has 11 heteroatoms. The number of nitrogens with one attached hydrogen (secondary N) is 3. The summed E-state index contributed by atoms with van der Waals surface area (Å²) in [4.78, 5) is 25.3. The Kier molecular flexibility index (Phi) is 7.28. The highest BCUT2D eigenvalue weighted by molar-refractivity contribution is 6.31. The molecule has 3 N–H and O–H groups in total. The van der Waals surface area contributed by atoms with E-state index in [1.54, 1.807) is 31.6 Å². The maximum atomic E-state index is 13.5. The fraction of sp³-hybridized carbons (Fsp3) is 0.174. The molecule has 9 nitrogen and oxygen atoms in total. The van der Waals surface area contributed by atoms with Crippen molar-refractivity contribution in [3.63, 3.8) is 0 Å². The van der Waals surface area contributed by atoms with E-state index in [4.69, 9.17) is 16.3 Å². The molecule has 1 aromatic carbocycles. The number of rotatable bonds is 9. The van der Waals surface area contributed by atoms with Crippen LogP contribution in [-0.2, 0) is 11.2 Å². The molecule has 0 aliphatic rings. The molecule has 0 amide bonds. The van der Waals surface area contributed by atoms with E-state index in [9.17, 15) is 9.18 Å². The van der Waals surface area contributed by atoms with E-state index in [0.717, 1.165) is 5.56 Å². The van der Waals surface area contributed by atoms with Gasteiger partial charge in [-0.1, -0.05) is 11.6 Å². The van der Waals surface area contributed by atoms with Crippen LogP contribution in [-0.4, -0.2) is 44.3 Å². The molecule has 0 unspecified atom stereocenters. The third-order valence-electron chi connectivity index (χ3n) is 4.79. The lowest BCUT2D eigenvalue weighted by atomic mass is 10.1. The van der Waals surface area contributed by atoms with Gasteiger partial charge in [-0.25, -0.2) is 14.2 Å². The summed E-state index contributed by atoms with van der Waals surface area (Å²) in [7, 11) is 0. The summed E-state index contributed by atoms with van der Waals surface area (Å²) in [6, 6.07) is 5.93. The van der Waals surface area contributed by atoms with Crippen LogP contribution >= 0.6 is 11.6 Å². The first-order valence-electron chi connectivity index (χ1n) is 10.5. The average Bonchev–Trinajstić information content (AvgIpc) is 3.35. The third-order valence-corrected chi connectivity index (χ3v) is 5.08. The molecule has 0 bridgehead atoms. The zero-order valence-electron chi connectivity index (χ0n) is 18.2. The van der Waals surface area contributed by atoms with Gasteiger partial charge in [0.15, 0.2) is 0 Å². The monoisotopic (exact) mass is 481 g/mol. The lowest BCUT2D eigenvalue weighted by molar-refractivity contribution is 0.0526. The van der Waals surface area contributed by atoms with Crippen LogP contribution < -0.4 is 10.6 Å². The number of carbonyl (C=O) groups is 1. The highest BCUT2D eigenvalue weighted by atomic mass is 35.5. The van der Waals surface area contributed by atoms with E-state index in [-0.39, 0.29) is 17.6 Å². The molecule has 174 valence electrons. The van der Waals surface area contributed by atoms with Gasteiger partial charge < -0.3 is 15.4 Å². The predicted molar refractivity (Wildman–Crippen MR) is 127 cm³/mol. The second kappa shape index (κ2) is 10.7. The number of esters is 1. The van der Waals surface area contributed by atoms with E-state index in [0.29, 0.717) is 41.2 Å². The van der Waals surface area contributed by atoms with Gasteiger partial charge in [0, 0.05) is 48.1 Å². The largest absolute Gasteiger partial charge is 0.462 e. The summed E-state index contributed by atoms with van der Waals surface area (Å²) in [5.41, 5.74) is 3.19. The van der Waals surface area contributed by atoms with Crippen molar-refractivity contribution in [2.75, 3.05) is 23.8 Å². The summed E-state index contributed by atoms with van der Waals surface area (Å²) < 4.78 is 18.6. The van der Waals surface area contributed by atoms with Crippen LogP contribution in [0.1, 0.15) is 22.8 Å². The van der Waals surface area contributed by atoms with Crippen molar-refractivity contribution >= 4 is 35.0 Å². The van der Waals surface area contributed by atoms with Gasteiger partial charge in [-0.2, -0.15) is 10.1 Å². The van der Waals surface area contributed by atoms with Crippen LogP contribution in [0.15, 0.2) is 55.2 Å². The Balaban J connectivity index is 1.63. The van der Waals surface area contributed by atoms with E-state index in [2.05, 4.69) is 35.8 Å². The van der Waals surface area contributed by atoms with Crippen LogP contribution in [0.25, 0.3) is 11.1 Å². The van der Waals surface area contributed by atoms with Gasteiger partial charge in [-0.3, -0.25) is 10.1 Å². The van der Waals surface area contributed by atoms with Crippen molar-refractivity contribution in [3.8, 4) is 11.1 Å². The fourth-order valence-corrected chi connectivity index (χ4v) is 3.32. The van der Waals surface area contributed by atoms with Gasteiger partial charge in [-0.15, -0.1) is 0 Å². The summed E-state index contributed by atoms with van der Waals surface area (Å²) in [5.74, 6) is -0.165. The van der Waals surface area contributed by atoms with E-state index in [1.165, 1.54) is 24.4 Å². The Bertz CT molecular complexity index is 1280. The molecule has 0 saturated heterocycles. The van der Waals surface area contributed by atoms with Crippen molar-refractivity contribution < 1.29 is 13.9 Å². The topological polar surface area (TPSA) is 118 Å². The number of benzene rings is 1. The quantitative estimate of drug-likeness (QED) is 0.296. The SMILES string of the molecule is CCOC(=O)c1cncc(-c2cnc(Nc3ccc(F)c(Cl)c3)nc2NCCc2cn[nH]c2)c1. The van der Waals surface area contributed by atoms with Crippen molar-refractivity contribution in [3.05, 3.63) is 77.2 Å². The molecular formula is C23H21ClFN7O2. The minimum Gasteiger partial charge on any atom is -0.462 e. The number of nitrogens with zero attached hydrogens (tertiary/aromatic N) is 4. The lowest BCUT2D eigenvalue weighted by Crippen LogP contribution is -2.10. The Labute approximate surface area is 199 Å². The molecular weight excluding hydrogens is 461 g/mol. The lowest BCUT2D eigenvalue weighted by Gasteiger charge is -2.14. The van der Waals surface area contributed by atoms with Crippen LogP contribution in [0.2, 0.25) is 5.02 Å². The number of H-pyrrole nitrogens is 1. The molecule has 0 saturated carbocycles. The molecule has 0 aliphatic heterocycles. The molecule has 4 rings (SSSR count). The van der Waals surface area contributed by atoms with Gasteiger partial charge in [-0.05, 0) is 43.2 Å². The Morgan fingerprint density at radius 3 is 2.85 bits per heavy atom. The number of pyridine rings is 1. The van der Waals surface area contributed by atoms with Crippen molar-refractivity contribution in [2.45, 2.75) is 13.3 Å². The Morgan fingerprint density at radius 1 is 1.21 bits per heavy atom. The molecule has 3 aromatic heterocycles. The highest BCUT2D eigenvalue weighted by Crippen LogP contribution is 2.28. The van der Waals surface area contributed by atoms with E-state index in [1.807, 2.05) is 6.20 Å². The van der Waals surface area contributed by atoms with Gasteiger partial charge >= 0.3 is 5.97 Å². The van der Waals surface area contributed by atoms with Gasteiger partial charge in [0.1, 0.15) is 11.6 Å². The normalized spacial score (nSPS) is 10.7. The first kappa shape index (κ1) is 23.1. The maximum absolute atomic E-state index is 13.5. The molecule has 0 aliphatic carbocycles. The van der Waals surface area contributed by atoms with Crippen LogP contribution in [0, 0.1) is 5.82 Å². The first-order valence-corrected chi connectivity index (χ1v) is 10.8. The second-order valence-corrected chi connectivity index (χ2v) is 7.58. The van der Waals surface area contributed by atoms with Crippen LogP contribution in [0.3, 0.4) is 0 Å². The fourth-order valence-electron chi connectivity index (χ4n) is 3.14. The summed E-state index contributed by atoms with van der Waals surface area (Å²) >= 11 is 5.88. The van der Waals surface area contributed by atoms with Gasteiger partial charge in [0.25, 0.3) is 0 Å². The molecule has 3 heterocycles. The number of hydrogen-bond donors (Lipinski definition) is 3. The number of aromatic amines is 1. The molecule has 0 atom stereocenters. The predicted octanol–water partition coefficient (Wildman–Crippen LogP) is 4.63. The van der Waals surface area contributed by atoms with Crippen molar-refractivity contribution in [1.82, 2.24) is 25.1 Å².